The molecule has 15 heavy (non-hydrogen) atoms. The summed E-state index contributed by atoms with van der Waals surface area (Å²) in [7, 11) is -3.17. The number of halogens is 1. The van der Waals surface area contributed by atoms with Gasteiger partial charge in [0.25, 0.3) is 0 Å². The first-order chi connectivity index (χ1) is 6.76. The SMILES string of the molecule is CC(C)CC(CCl)NS(=O)(=O)CC(C)C. The van der Waals surface area contributed by atoms with E-state index >= 15 is 0 Å². The van der Waals surface area contributed by atoms with Gasteiger partial charge in [-0.1, -0.05) is 27.7 Å². The van der Waals surface area contributed by atoms with Gasteiger partial charge in [-0.05, 0) is 18.3 Å². The van der Waals surface area contributed by atoms with E-state index < -0.39 is 10.0 Å². The van der Waals surface area contributed by atoms with Crippen LogP contribution >= 0.6 is 11.6 Å². The van der Waals surface area contributed by atoms with E-state index in [4.69, 9.17) is 11.6 Å². The van der Waals surface area contributed by atoms with Crippen LogP contribution in [0.2, 0.25) is 0 Å². The maximum absolute atomic E-state index is 11.6. The molecule has 0 aromatic rings. The van der Waals surface area contributed by atoms with Crippen LogP contribution in [0.1, 0.15) is 34.1 Å². The molecule has 0 rings (SSSR count). The van der Waals surface area contributed by atoms with Crippen molar-refractivity contribution in [2.24, 2.45) is 11.8 Å². The summed E-state index contributed by atoms with van der Waals surface area (Å²) in [6.07, 6.45) is 0.779. The lowest BCUT2D eigenvalue weighted by molar-refractivity contribution is 0.482. The van der Waals surface area contributed by atoms with Gasteiger partial charge in [0, 0.05) is 11.9 Å². The third-order valence-electron chi connectivity index (χ3n) is 1.84. The quantitative estimate of drug-likeness (QED) is 0.709. The number of hydrogen-bond acceptors (Lipinski definition) is 2. The Labute approximate surface area is 98.6 Å². The molecular weight excluding hydrogens is 234 g/mol. The molecule has 0 aliphatic heterocycles. The summed E-state index contributed by atoms with van der Waals surface area (Å²) in [6.45, 7) is 7.88. The highest BCUT2D eigenvalue weighted by molar-refractivity contribution is 7.89. The molecule has 0 saturated heterocycles. The van der Waals surface area contributed by atoms with E-state index in [2.05, 4.69) is 18.6 Å². The summed E-state index contributed by atoms with van der Waals surface area (Å²) in [6, 6.07) is -0.143. The standard InChI is InChI=1S/C10H22ClNO2S/c1-8(2)5-10(6-11)12-15(13,14)7-9(3)4/h8-10,12H,5-7H2,1-4H3. The average molecular weight is 256 g/mol. The number of hydrogen-bond donors (Lipinski definition) is 1. The van der Waals surface area contributed by atoms with E-state index in [1.165, 1.54) is 0 Å². The first-order valence-corrected chi connectivity index (χ1v) is 7.51. The van der Waals surface area contributed by atoms with Crippen LogP contribution in [-0.4, -0.2) is 26.1 Å². The van der Waals surface area contributed by atoms with Crippen molar-refractivity contribution in [2.45, 2.75) is 40.2 Å². The van der Waals surface area contributed by atoms with Crippen LogP contribution in [0.4, 0.5) is 0 Å². The molecule has 0 aromatic carbocycles. The van der Waals surface area contributed by atoms with Gasteiger partial charge >= 0.3 is 0 Å². The molecule has 1 unspecified atom stereocenters. The molecule has 92 valence electrons. The predicted octanol–water partition coefficient (Wildman–Crippen LogP) is 2.22. The van der Waals surface area contributed by atoms with Gasteiger partial charge in [0.2, 0.25) is 10.0 Å². The lowest BCUT2D eigenvalue weighted by Crippen LogP contribution is -2.39. The molecule has 0 radical (unpaired) electrons. The van der Waals surface area contributed by atoms with Crippen molar-refractivity contribution in [1.29, 1.82) is 0 Å². The predicted molar refractivity (Wildman–Crippen MR) is 65.7 cm³/mol. The largest absolute Gasteiger partial charge is 0.212 e. The van der Waals surface area contributed by atoms with Crippen molar-refractivity contribution >= 4 is 21.6 Å². The fraction of sp³-hybridized carbons (Fsp3) is 1.00. The fourth-order valence-electron chi connectivity index (χ4n) is 1.45. The minimum absolute atomic E-state index is 0.137. The van der Waals surface area contributed by atoms with Gasteiger partial charge in [-0.15, -0.1) is 11.6 Å². The van der Waals surface area contributed by atoms with Crippen LogP contribution in [0.5, 0.6) is 0 Å². The van der Waals surface area contributed by atoms with Crippen molar-refractivity contribution < 1.29 is 8.42 Å². The first-order valence-electron chi connectivity index (χ1n) is 5.32. The van der Waals surface area contributed by atoms with Gasteiger partial charge in [0.15, 0.2) is 0 Å². The summed E-state index contributed by atoms with van der Waals surface area (Å²) in [5.74, 6) is 1.07. The molecule has 0 aliphatic rings. The summed E-state index contributed by atoms with van der Waals surface area (Å²) in [4.78, 5) is 0. The summed E-state index contributed by atoms with van der Waals surface area (Å²) < 4.78 is 25.9. The van der Waals surface area contributed by atoms with Crippen LogP contribution in [0, 0.1) is 11.8 Å². The minimum Gasteiger partial charge on any atom is -0.212 e. The molecule has 0 amide bonds. The minimum atomic E-state index is -3.17. The van der Waals surface area contributed by atoms with Crippen LogP contribution in [0.25, 0.3) is 0 Å². The van der Waals surface area contributed by atoms with Gasteiger partial charge in [-0.2, -0.15) is 0 Å². The molecule has 0 fully saturated rings. The molecule has 1 atom stereocenters. The average Bonchev–Trinajstić information content (AvgIpc) is 1.98. The van der Waals surface area contributed by atoms with Crippen LogP contribution in [-0.2, 0) is 10.0 Å². The van der Waals surface area contributed by atoms with Gasteiger partial charge < -0.3 is 0 Å². The Kier molecular flexibility index (Phi) is 6.80. The monoisotopic (exact) mass is 255 g/mol. The zero-order valence-corrected chi connectivity index (χ0v) is 11.5. The van der Waals surface area contributed by atoms with E-state index in [1.54, 1.807) is 0 Å². The van der Waals surface area contributed by atoms with E-state index in [0.717, 1.165) is 6.42 Å². The van der Waals surface area contributed by atoms with Crippen LogP contribution in [0.3, 0.4) is 0 Å². The first kappa shape index (κ1) is 15.2. The lowest BCUT2D eigenvalue weighted by Gasteiger charge is -2.18. The van der Waals surface area contributed by atoms with Crippen molar-refractivity contribution in [3.63, 3.8) is 0 Å². The highest BCUT2D eigenvalue weighted by atomic mass is 35.5. The Morgan fingerprint density at radius 2 is 1.67 bits per heavy atom. The third-order valence-corrected chi connectivity index (χ3v) is 4.01. The molecule has 0 spiro atoms. The van der Waals surface area contributed by atoms with Crippen molar-refractivity contribution in [1.82, 2.24) is 4.72 Å². The second-order valence-corrected chi connectivity index (χ2v) is 6.88. The molecule has 3 nitrogen and oxygen atoms in total. The van der Waals surface area contributed by atoms with Gasteiger partial charge in [-0.3, -0.25) is 0 Å². The molecule has 0 saturated carbocycles. The topological polar surface area (TPSA) is 46.2 Å². The zero-order valence-electron chi connectivity index (χ0n) is 9.96. The molecule has 1 N–H and O–H groups in total. The van der Waals surface area contributed by atoms with Gasteiger partial charge in [0.05, 0.1) is 5.75 Å². The molecule has 0 heterocycles. The van der Waals surface area contributed by atoms with Crippen molar-refractivity contribution in [3.05, 3.63) is 0 Å². The molecule has 0 bridgehead atoms. The normalized spacial score (nSPS) is 14.9. The number of sulfonamides is 1. The highest BCUT2D eigenvalue weighted by Crippen LogP contribution is 2.08. The summed E-state index contributed by atoms with van der Waals surface area (Å²) >= 11 is 5.73. The maximum Gasteiger partial charge on any atom is 0.212 e. The van der Waals surface area contributed by atoms with Crippen LogP contribution in [0.15, 0.2) is 0 Å². The number of nitrogens with one attached hydrogen (secondary N) is 1. The number of rotatable bonds is 7. The Morgan fingerprint density at radius 3 is 2.00 bits per heavy atom. The third kappa shape index (κ3) is 8.05. The Hall–Kier alpha value is 0.200. The maximum atomic E-state index is 11.6. The summed E-state index contributed by atoms with van der Waals surface area (Å²) in [5, 5.41) is 0. The highest BCUT2D eigenvalue weighted by Gasteiger charge is 2.19. The van der Waals surface area contributed by atoms with Gasteiger partial charge in [-0.25, -0.2) is 13.1 Å². The van der Waals surface area contributed by atoms with E-state index in [9.17, 15) is 8.42 Å². The van der Waals surface area contributed by atoms with Crippen molar-refractivity contribution in [2.75, 3.05) is 11.6 Å². The Morgan fingerprint density at radius 1 is 1.13 bits per heavy atom. The second-order valence-electron chi connectivity index (χ2n) is 4.77. The Bertz CT molecular complexity index is 263. The number of alkyl halides is 1. The van der Waals surface area contributed by atoms with Gasteiger partial charge in [0.1, 0.15) is 0 Å². The smallest absolute Gasteiger partial charge is 0.212 e. The van der Waals surface area contributed by atoms with E-state index in [0.29, 0.717) is 11.8 Å². The zero-order chi connectivity index (χ0) is 12.1. The summed E-state index contributed by atoms with van der Waals surface area (Å²) in [5.41, 5.74) is 0. The molecule has 0 aromatic heterocycles. The molecule has 0 aliphatic carbocycles. The van der Waals surface area contributed by atoms with E-state index in [1.807, 2.05) is 13.8 Å². The van der Waals surface area contributed by atoms with Crippen LogP contribution < -0.4 is 4.72 Å². The Balaban J connectivity index is 4.28. The van der Waals surface area contributed by atoms with Crippen molar-refractivity contribution in [3.8, 4) is 0 Å². The molecule has 5 heteroatoms. The second kappa shape index (κ2) is 6.71. The lowest BCUT2D eigenvalue weighted by atomic mass is 10.1. The fourth-order valence-corrected chi connectivity index (χ4v) is 3.41. The van der Waals surface area contributed by atoms with E-state index in [-0.39, 0.29) is 17.7 Å². The molecular formula is C10H22ClNO2S.